The van der Waals surface area contributed by atoms with Crippen LogP contribution in [0.2, 0.25) is 0 Å². The topological polar surface area (TPSA) is 45.7 Å². The molecular formula is C19H30FN3OS. The number of aliphatic imine (C=N–C) groups is 1. The van der Waals surface area contributed by atoms with E-state index in [2.05, 4.69) is 21.9 Å². The minimum atomic E-state index is -0.299. The Kier molecular flexibility index (Phi) is 8.38. The number of hydrogen-bond donors (Lipinski definition) is 2. The molecule has 0 heterocycles. The Labute approximate surface area is 155 Å². The average Bonchev–Trinajstić information content (AvgIpc) is 3.43. The van der Waals surface area contributed by atoms with Gasteiger partial charge in [-0.1, -0.05) is 6.07 Å². The van der Waals surface area contributed by atoms with Crippen molar-refractivity contribution in [1.29, 1.82) is 0 Å². The van der Waals surface area contributed by atoms with E-state index in [0.29, 0.717) is 18.3 Å². The molecule has 6 heteroatoms. The van der Waals surface area contributed by atoms with Crippen molar-refractivity contribution in [2.45, 2.75) is 38.6 Å². The lowest BCUT2D eigenvalue weighted by Crippen LogP contribution is -2.39. The van der Waals surface area contributed by atoms with Crippen LogP contribution in [-0.2, 0) is 0 Å². The summed E-state index contributed by atoms with van der Waals surface area (Å²) in [5, 5.41) is 6.61. The lowest BCUT2D eigenvalue weighted by molar-refractivity contribution is 0.285. The lowest BCUT2D eigenvalue weighted by atomic mass is 10.1. The van der Waals surface area contributed by atoms with Crippen molar-refractivity contribution in [2.24, 2.45) is 10.9 Å². The summed E-state index contributed by atoms with van der Waals surface area (Å²) >= 11 is 1.87. The van der Waals surface area contributed by atoms with E-state index in [-0.39, 0.29) is 11.9 Å². The summed E-state index contributed by atoms with van der Waals surface area (Å²) < 4.78 is 19.8. The summed E-state index contributed by atoms with van der Waals surface area (Å²) in [7, 11) is 1.75. The van der Waals surface area contributed by atoms with Crippen LogP contribution in [-0.4, -0.2) is 38.2 Å². The number of halogens is 1. The Balaban J connectivity index is 1.81. The molecule has 140 valence electrons. The van der Waals surface area contributed by atoms with Crippen LogP contribution in [0.3, 0.4) is 0 Å². The Hall–Kier alpha value is -1.43. The van der Waals surface area contributed by atoms with Gasteiger partial charge in [-0.05, 0) is 68.2 Å². The minimum absolute atomic E-state index is 0.0376. The van der Waals surface area contributed by atoms with Gasteiger partial charge in [0.05, 0.1) is 12.6 Å². The number of thioether (sulfide) groups is 1. The van der Waals surface area contributed by atoms with Gasteiger partial charge in [0.2, 0.25) is 0 Å². The molecule has 0 saturated heterocycles. The fourth-order valence-electron chi connectivity index (χ4n) is 2.46. The fraction of sp³-hybridized carbons (Fsp3) is 0.632. The smallest absolute Gasteiger partial charge is 0.191 e. The number of rotatable bonds is 10. The molecule has 0 aliphatic heterocycles. The third-order valence-electron chi connectivity index (χ3n) is 4.27. The van der Waals surface area contributed by atoms with Gasteiger partial charge < -0.3 is 15.4 Å². The molecule has 1 fully saturated rings. The van der Waals surface area contributed by atoms with E-state index in [1.165, 1.54) is 25.0 Å². The van der Waals surface area contributed by atoms with Gasteiger partial charge in [-0.3, -0.25) is 4.99 Å². The molecule has 0 bridgehead atoms. The summed E-state index contributed by atoms with van der Waals surface area (Å²) in [6, 6.07) is 5.15. The molecule has 25 heavy (non-hydrogen) atoms. The zero-order valence-electron chi connectivity index (χ0n) is 15.5. The molecular weight excluding hydrogens is 337 g/mol. The van der Waals surface area contributed by atoms with Crippen LogP contribution in [0, 0.1) is 11.7 Å². The van der Waals surface area contributed by atoms with Gasteiger partial charge in [-0.2, -0.15) is 11.8 Å². The van der Waals surface area contributed by atoms with Gasteiger partial charge >= 0.3 is 0 Å². The first-order chi connectivity index (χ1) is 12.1. The highest BCUT2D eigenvalue weighted by molar-refractivity contribution is 7.98. The van der Waals surface area contributed by atoms with Crippen LogP contribution in [0.25, 0.3) is 0 Å². The highest BCUT2D eigenvalue weighted by Crippen LogP contribution is 2.30. The summed E-state index contributed by atoms with van der Waals surface area (Å²) in [6.07, 6.45) is 6.82. The highest BCUT2D eigenvalue weighted by atomic mass is 32.2. The standard InChI is InChI=1S/C19H30FN3OS/c1-14(23-19(21-2)22-10-4-5-11-25-3)16-8-9-18(17(20)12-16)24-13-15-6-7-15/h8-9,12,14-15H,4-7,10-11,13H2,1-3H3,(H2,21,22,23). The Morgan fingerprint density at radius 3 is 2.84 bits per heavy atom. The van der Waals surface area contributed by atoms with Crippen molar-refractivity contribution in [3.05, 3.63) is 29.6 Å². The molecule has 1 aliphatic carbocycles. The largest absolute Gasteiger partial charge is 0.490 e. The highest BCUT2D eigenvalue weighted by Gasteiger charge is 2.22. The van der Waals surface area contributed by atoms with Gasteiger partial charge in [0.1, 0.15) is 0 Å². The maximum absolute atomic E-state index is 14.2. The van der Waals surface area contributed by atoms with Gasteiger partial charge in [-0.15, -0.1) is 0 Å². The molecule has 0 amide bonds. The second-order valence-corrected chi connectivity index (χ2v) is 7.49. The zero-order valence-corrected chi connectivity index (χ0v) is 16.3. The maximum atomic E-state index is 14.2. The van der Waals surface area contributed by atoms with E-state index >= 15 is 0 Å². The maximum Gasteiger partial charge on any atom is 0.191 e. The van der Waals surface area contributed by atoms with Crippen molar-refractivity contribution in [3.63, 3.8) is 0 Å². The number of hydrogen-bond acceptors (Lipinski definition) is 3. The number of nitrogens with one attached hydrogen (secondary N) is 2. The van der Waals surface area contributed by atoms with Crippen molar-refractivity contribution in [1.82, 2.24) is 10.6 Å². The van der Waals surface area contributed by atoms with Crippen LogP contribution in [0.1, 0.15) is 44.2 Å². The second kappa shape index (κ2) is 10.5. The Morgan fingerprint density at radius 1 is 1.40 bits per heavy atom. The third kappa shape index (κ3) is 7.14. The molecule has 4 nitrogen and oxygen atoms in total. The third-order valence-corrected chi connectivity index (χ3v) is 4.97. The van der Waals surface area contributed by atoms with Gasteiger partial charge in [0.25, 0.3) is 0 Å². The van der Waals surface area contributed by atoms with Crippen molar-refractivity contribution < 1.29 is 9.13 Å². The fourth-order valence-corrected chi connectivity index (χ4v) is 2.95. The number of guanidine groups is 1. The molecule has 0 radical (unpaired) electrons. The van der Waals surface area contributed by atoms with E-state index in [9.17, 15) is 4.39 Å². The Morgan fingerprint density at radius 2 is 2.20 bits per heavy atom. The molecule has 2 N–H and O–H groups in total. The summed E-state index contributed by atoms with van der Waals surface area (Å²) in [6.45, 7) is 3.51. The Bertz CT molecular complexity index is 564. The number of benzene rings is 1. The summed E-state index contributed by atoms with van der Waals surface area (Å²) in [5.41, 5.74) is 0.876. The lowest BCUT2D eigenvalue weighted by Gasteiger charge is -2.19. The predicted molar refractivity (Wildman–Crippen MR) is 105 cm³/mol. The molecule has 0 aromatic heterocycles. The monoisotopic (exact) mass is 367 g/mol. The normalized spacial score (nSPS) is 15.8. The second-order valence-electron chi connectivity index (χ2n) is 6.51. The van der Waals surface area contributed by atoms with Crippen LogP contribution in [0.15, 0.2) is 23.2 Å². The van der Waals surface area contributed by atoms with Gasteiger partial charge in [0.15, 0.2) is 17.5 Å². The summed E-state index contributed by atoms with van der Waals surface area (Å²) in [5.74, 6) is 2.58. The molecule has 1 aromatic rings. The van der Waals surface area contributed by atoms with Crippen LogP contribution >= 0.6 is 11.8 Å². The van der Waals surface area contributed by atoms with E-state index in [4.69, 9.17) is 4.74 Å². The first-order valence-corrected chi connectivity index (χ1v) is 10.4. The van der Waals surface area contributed by atoms with E-state index in [1.807, 2.05) is 24.8 Å². The van der Waals surface area contributed by atoms with Crippen LogP contribution in [0.4, 0.5) is 4.39 Å². The molecule has 2 rings (SSSR count). The predicted octanol–water partition coefficient (Wildman–Crippen LogP) is 3.98. The molecule has 1 aliphatic rings. The first kappa shape index (κ1) is 19.9. The average molecular weight is 368 g/mol. The molecule has 1 saturated carbocycles. The van der Waals surface area contributed by atoms with Crippen molar-refractivity contribution in [2.75, 3.05) is 32.2 Å². The SMILES string of the molecule is CN=C(NCCCCSC)NC(C)c1ccc(OCC2CC2)c(F)c1. The number of nitrogens with zero attached hydrogens (tertiary/aromatic N) is 1. The minimum Gasteiger partial charge on any atom is -0.490 e. The number of ether oxygens (including phenoxy) is 1. The van der Waals surface area contributed by atoms with Gasteiger partial charge in [-0.25, -0.2) is 4.39 Å². The molecule has 1 unspecified atom stereocenters. The van der Waals surface area contributed by atoms with Crippen molar-refractivity contribution >= 4 is 17.7 Å². The number of unbranched alkanes of at least 4 members (excludes halogenated alkanes) is 1. The quantitative estimate of drug-likeness (QED) is 0.373. The van der Waals surface area contributed by atoms with E-state index in [1.54, 1.807) is 19.2 Å². The van der Waals surface area contributed by atoms with Crippen LogP contribution in [0.5, 0.6) is 5.75 Å². The molecule has 1 atom stereocenters. The first-order valence-electron chi connectivity index (χ1n) is 9.02. The van der Waals surface area contributed by atoms with Gasteiger partial charge in [0, 0.05) is 13.6 Å². The van der Waals surface area contributed by atoms with E-state index in [0.717, 1.165) is 24.5 Å². The van der Waals surface area contributed by atoms with Crippen molar-refractivity contribution in [3.8, 4) is 5.75 Å². The molecule has 0 spiro atoms. The van der Waals surface area contributed by atoms with Crippen LogP contribution < -0.4 is 15.4 Å². The zero-order chi connectivity index (χ0) is 18.1. The summed E-state index contributed by atoms with van der Waals surface area (Å²) in [4.78, 5) is 4.24. The van der Waals surface area contributed by atoms with E-state index < -0.39 is 0 Å². The molecule has 1 aromatic carbocycles.